The molecule has 1 aromatic rings. The molecule has 1 heterocycles. The van der Waals surface area contributed by atoms with Crippen molar-refractivity contribution in [1.82, 2.24) is 0 Å². The third kappa shape index (κ3) is 2.26. The topological polar surface area (TPSA) is 61.6 Å². The van der Waals surface area contributed by atoms with E-state index in [4.69, 9.17) is 15.2 Å². The number of hydrogen-bond donors (Lipinski definition) is 1. The summed E-state index contributed by atoms with van der Waals surface area (Å²) in [5, 5.41) is 0. The molecule has 2 N–H and O–H groups in total. The lowest BCUT2D eigenvalue weighted by Crippen LogP contribution is -2.19. The van der Waals surface area contributed by atoms with Gasteiger partial charge in [0, 0.05) is 5.56 Å². The van der Waals surface area contributed by atoms with Gasteiger partial charge in [-0.05, 0) is 23.6 Å². The van der Waals surface area contributed by atoms with Gasteiger partial charge in [0.15, 0.2) is 17.3 Å². The Labute approximate surface area is 101 Å². The molecule has 0 amide bonds. The number of carbonyl (C=O) groups is 1. The van der Waals surface area contributed by atoms with E-state index in [0.29, 0.717) is 30.3 Å². The average molecular weight is 235 g/mol. The van der Waals surface area contributed by atoms with Gasteiger partial charge in [-0.1, -0.05) is 13.8 Å². The van der Waals surface area contributed by atoms with Crippen molar-refractivity contribution >= 4 is 5.78 Å². The Morgan fingerprint density at radius 2 is 1.88 bits per heavy atom. The van der Waals surface area contributed by atoms with Crippen LogP contribution in [0.4, 0.5) is 0 Å². The molecule has 4 nitrogen and oxygen atoms in total. The summed E-state index contributed by atoms with van der Waals surface area (Å²) in [4.78, 5) is 11.8. The normalized spacial score (nSPS) is 13.9. The second-order valence-corrected chi connectivity index (χ2v) is 4.37. The molecule has 0 fully saturated rings. The molecule has 1 aromatic carbocycles. The first kappa shape index (κ1) is 11.9. The molecule has 1 aliphatic rings. The Balaban J connectivity index is 2.52. The third-order valence-electron chi connectivity index (χ3n) is 2.82. The first-order valence-electron chi connectivity index (χ1n) is 5.80. The van der Waals surface area contributed by atoms with E-state index in [1.165, 1.54) is 0 Å². The van der Waals surface area contributed by atoms with Crippen molar-refractivity contribution in [3.05, 3.63) is 23.3 Å². The van der Waals surface area contributed by atoms with E-state index >= 15 is 0 Å². The van der Waals surface area contributed by atoms with Crippen LogP contribution in [0.3, 0.4) is 0 Å². The lowest BCUT2D eigenvalue weighted by molar-refractivity contribution is 0.0998. The number of rotatable bonds is 3. The van der Waals surface area contributed by atoms with E-state index < -0.39 is 0 Å². The molecule has 2 rings (SSSR count). The molecule has 4 heteroatoms. The van der Waals surface area contributed by atoms with Crippen molar-refractivity contribution in [2.75, 3.05) is 19.8 Å². The maximum absolute atomic E-state index is 11.8. The summed E-state index contributed by atoms with van der Waals surface area (Å²) in [5.74, 6) is 1.54. The number of hydrogen-bond acceptors (Lipinski definition) is 4. The Hall–Kier alpha value is -1.55. The van der Waals surface area contributed by atoms with E-state index in [1.54, 1.807) is 6.07 Å². The maximum Gasteiger partial charge on any atom is 0.176 e. The summed E-state index contributed by atoms with van der Waals surface area (Å²) < 4.78 is 11.0. The van der Waals surface area contributed by atoms with Crippen LogP contribution >= 0.6 is 0 Å². The van der Waals surface area contributed by atoms with Gasteiger partial charge in [-0.2, -0.15) is 0 Å². The molecular weight excluding hydrogens is 218 g/mol. The Morgan fingerprint density at radius 3 is 2.41 bits per heavy atom. The summed E-state index contributed by atoms with van der Waals surface area (Å²) in [6.07, 6.45) is 0. The maximum atomic E-state index is 11.8. The molecule has 0 unspecified atom stereocenters. The molecule has 0 spiro atoms. The molecule has 0 aromatic heterocycles. The molecule has 0 radical (unpaired) electrons. The van der Waals surface area contributed by atoms with Crippen LogP contribution in [0.5, 0.6) is 11.5 Å². The van der Waals surface area contributed by atoms with Crippen LogP contribution in [0.2, 0.25) is 0 Å². The van der Waals surface area contributed by atoms with Crippen LogP contribution in [0.15, 0.2) is 12.1 Å². The van der Waals surface area contributed by atoms with Crippen LogP contribution in [0, 0.1) is 0 Å². The van der Waals surface area contributed by atoms with E-state index in [0.717, 1.165) is 5.56 Å². The van der Waals surface area contributed by atoms with Gasteiger partial charge in [-0.15, -0.1) is 0 Å². The Morgan fingerprint density at radius 1 is 1.29 bits per heavy atom. The standard InChI is InChI=1S/C13H17NO3/c1-8(2)9-5-12-13(17-4-3-16-12)6-10(9)11(15)7-14/h5-6,8H,3-4,7,14H2,1-2H3. The fourth-order valence-corrected chi connectivity index (χ4v) is 1.93. The van der Waals surface area contributed by atoms with Gasteiger partial charge in [0.25, 0.3) is 0 Å². The van der Waals surface area contributed by atoms with Crippen LogP contribution in [0.1, 0.15) is 35.7 Å². The zero-order valence-corrected chi connectivity index (χ0v) is 10.2. The van der Waals surface area contributed by atoms with Gasteiger partial charge in [-0.3, -0.25) is 4.79 Å². The molecular formula is C13H17NO3. The van der Waals surface area contributed by atoms with Crippen molar-refractivity contribution < 1.29 is 14.3 Å². The minimum absolute atomic E-state index is 0.0133. The lowest BCUT2D eigenvalue weighted by Gasteiger charge is -2.22. The molecule has 92 valence electrons. The number of fused-ring (bicyclic) bond motifs is 1. The van der Waals surface area contributed by atoms with Crippen LogP contribution in [-0.4, -0.2) is 25.5 Å². The van der Waals surface area contributed by atoms with Gasteiger partial charge in [-0.25, -0.2) is 0 Å². The fourth-order valence-electron chi connectivity index (χ4n) is 1.93. The first-order valence-corrected chi connectivity index (χ1v) is 5.80. The van der Waals surface area contributed by atoms with Crippen LogP contribution in [0.25, 0.3) is 0 Å². The summed E-state index contributed by atoms with van der Waals surface area (Å²) in [6.45, 7) is 5.16. The molecule has 0 saturated carbocycles. The molecule has 0 bridgehead atoms. The van der Waals surface area contributed by atoms with E-state index in [2.05, 4.69) is 0 Å². The third-order valence-corrected chi connectivity index (χ3v) is 2.82. The van der Waals surface area contributed by atoms with Gasteiger partial charge >= 0.3 is 0 Å². The fraction of sp³-hybridized carbons (Fsp3) is 0.462. The second-order valence-electron chi connectivity index (χ2n) is 4.37. The highest BCUT2D eigenvalue weighted by Crippen LogP contribution is 2.35. The highest BCUT2D eigenvalue weighted by Gasteiger charge is 2.20. The Bertz CT molecular complexity index is 441. The quantitative estimate of drug-likeness (QED) is 0.810. The predicted octanol–water partition coefficient (Wildman–Crippen LogP) is 1.72. The molecule has 17 heavy (non-hydrogen) atoms. The minimum atomic E-state index is -0.0642. The highest BCUT2D eigenvalue weighted by molar-refractivity contribution is 5.99. The van der Waals surface area contributed by atoms with E-state index in [1.807, 2.05) is 19.9 Å². The smallest absolute Gasteiger partial charge is 0.176 e. The SMILES string of the molecule is CC(C)c1cc2c(cc1C(=O)CN)OCCO2. The number of nitrogens with two attached hydrogens (primary N) is 1. The lowest BCUT2D eigenvalue weighted by atomic mass is 9.94. The van der Waals surface area contributed by atoms with E-state index in [-0.39, 0.29) is 18.2 Å². The molecule has 1 aliphatic heterocycles. The number of ether oxygens (including phenoxy) is 2. The largest absolute Gasteiger partial charge is 0.486 e. The highest BCUT2D eigenvalue weighted by atomic mass is 16.6. The zero-order chi connectivity index (χ0) is 12.4. The van der Waals surface area contributed by atoms with Gasteiger partial charge in [0.05, 0.1) is 6.54 Å². The monoisotopic (exact) mass is 235 g/mol. The predicted molar refractivity (Wildman–Crippen MR) is 64.9 cm³/mol. The van der Waals surface area contributed by atoms with Crippen molar-refractivity contribution in [3.8, 4) is 11.5 Å². The summed E-state index contributed by atoms with van der Waals surface area (Å²) in [7, 11) is 0. The average Bonchev–Trinajstić information content (AvgIpc) is 2.36. The summed E-state index contributed by atoms with van der Waals surface area (Å²) in [6, 6.07) is 3.64. The number of ketones is 1. The van der Waals surface area contributed by atoms with Crippen molar-refractivity contribution in [2.24, 2.45) is 5.73 Å². The van der Waals surface area contributed by atoms with Crippen LogP contribution < -0.4 is 15.2 Å². The molecule has 0 atom stereocenters. The van der Waals surface area contributed by atoms with Crippen molar-refractivity contribution in [2.45, 2.75) is 19.8 Å². The van der Waals surface area contributed by atoms with Crippen molar-refractivity contribution in [3.63, 3.8) is 0 Å². The van der Waals surface area contributed by atoms with Gasteiger partial charge in [0.1, 0.15) is 13.2 Å². The van der Waals surface area contributed by atoms with E-state index in [9.17, 15) is 4.79 Å². The first-order chi connectivity index (χ1) is 8.13. The molecule has 0 aliphatic carbocycles. The van der Waals surface area contributed by atoms with Crippen LogP contribution in [-0.2, 0) is 0 Å². The van der Waals surface area contributed by atoms with Gasteiger partial charge < -0.3 is 15.2 Å². The Kier molecular flexibility index (Phi) is 3.33. The number of Topliss-reactive ketones (excluding diaryl/α,β-unsaturated/α-hetero) is 1. The molecule has 0 saturated heterocycles. The second kappa shape index (κ2) is 4.75. The minimum Gasteiger partial charge on any atom is -0.486 e. The van der Waals surface area contributed by atoms with Gasteiger partial charge in [0.2, 0.25) is 0 Å². The number of carbonyl (C=O) groups excluding carboxylic acids is 1. The van der Waals surface area contributed by atoms with Crippen molar-refractivity contribution in [1.29, 1.82) is 0 Å². The summed E-state index contributed by atoms with van der Waals surface area (Å²) in [5.41, 5.74) is 7.04. The zero-order valence-electron chi connectivity index (χ0n) is 10.2. The number of benzene rings is 1. The summed E-state index contributed by atoms with van der Waals surface area (Å²) >= 11 is 0.